The van der Waals surface area contributed by atoms with E-state index in [-0.39, 0.29) is 12.1 Å². The number of hydrogen-bond acceptors (Lipinski definition) is 3. The van der Waals surface area contributed by atoms with Gasteiger partial charge in [-0.05, 0) is 31.4 Å². The Morgan fingerprint density at radius 2 is 2.36 bits per heavy atom. The van der Waals surface area contributed by atoms with Crippen molar-refractivity contribution in [3.8, 4) is 0 Å². The summed E-state index contributed by atoms with van der Waals surface area (Å²) in [6, 6.07) is 3.99. The summed E-state index contributed by atoms with van der Waals surface area (Å²) < 4.78 is 0. The average molecular weight is 171 g/mol. The van der Waals surface area contributed by atoms with Crippen molar-refractivity contribution in [3.05, 3.63) is 17.5 Å². The van der Waals surface area contributed by atoms with Crippen molar-refractivity contribution in [1.29, 1.82) is 0 Å². The Labute approximate surface area is 70.9 Å². The lowest BCUT2D eigenvalue weighted by atomic mass is 10.1. The Bertz CT molecular complexity index is 206. The van der Waals surface area contributed by atoms with Crippen LogP contribution in [0.25, 0.3) is 0 Å². The standard InChI is InChI=1S/C8H13NOS/c1-8(2,6-10)9-7-4-3-5-11-7/h3-5,9-10H,6H2,1-2H3. The molecule has 0 radical (unpaired) electrons. The molecule has 11 heavy (non-hydrogen) atoms. The Kier molecular flexibility index (Phi) is 2.52. The molecule has 0 amide bonds. The molecule has 0 atom stereocenters. The van der Waals surface area contributed by atoms with Gasteiger partial charge >= 0.3 is 0 Å². The predicted molar refractivity (Wildman–Crippen MR) is 49.1 cm³/mol. The summed E-state index contributed by atoms with van der Waals surface area (Å²) >= 11 is 1.64. The van der Waals surface area contributed by atoms with Crippen molar-refractivity contribution in [3.63, 3.8) is 0 Å². The number of nitrogens with one attached hydrogen (secondary N) is 1. The molecule has 1 rings (SSSR count). The first-order chi connectivity index (χ1) is 5.14. The topological polar surface area (TPSA) is 32.3 Å². The molecule has 62 valence electrons. The highest BCUT2D eigenvalue weighted by Gasteiger charge is 2.15. The van der Waals surface area contributed by atoms with Crippen LogP contribution < -0.4 is 5.32 Å². The monoisotopic (exact) mass is 171 g/mol. The Morgan fingerprint density at radius 1 is 1.64 bits per heavy atom. The van der Waals surface area contributed by atoms with E-state index >= 15 is 0 Å². The van der Waals surface area contributed by atoms with E-state index in [1.165, 1.54) is 0 Å². The van der Waals surface area contributed by atoms with Crippen LogP contribution in [0.2, 0.25) is 0 Å². The second-order valence-electron chi connectivity index (χ2n) is 3.14. The van der Waals surface area contributed by atoms with Crippen LogP contribution in [0.4, 0.5) is 5.00 Å². The minimum atomic E-state index is -0.217. The maximum Gasteiger partial charge on any atom is 0.0887 e. The van der Waals surface area contributed by atoms with E-state index in [9.17, 15) is 0 Å². The molecule has 0 fully saturated rings. The number of thiophene rings is 1. The first-order valence-corrected chi connectivity index (χ1v) is 4.44. The second-order valence-corrected chi connectivity index (χ2v) is 4.09. The quantitative estimate of drug-likeness (QED) is 0.728. The molecule has 3 heteroatoms. The SMILES string of the molecule is CC(C)(CO)Nc1cccs1. The largest absolute Gasteiger partial charge is 0.394 e. The number of rotatable bonds is 3. The van der Waals surface area contributed by atoms with Crippen LogP contribution >= 0.6 is 11.3 Å². The van der Waals surface area contributed by atoms with Gasteiger partial charge in [0.1, 0.15) is 0 Å². The van der Waals surface area contributed by atoms with Crippen LogP contribution in [0.3, 0.4) is 0 Å². The van der Waals surface area contributed by atoms with Crippen molar-refractivity contribution in [2.75, 3.05) is 11.9 Å². The van der Waals surface area contributed by atoms with Crippen molar-refractivity contribution in [2.45, 2.75) is 19.4 Å². The molecule has 1 heterocycles. The van der Waals surface area contributed by atoms with Crippen LogP contribution in [0.15, 0.2) is 17.5 Å². The first kappa shape index (κ1) is 8.56. The highest BCUT2D eigenvalue weighted by molar-refractivity contribution is 7.14. The molecule has 0 aliphatic heterocycles. The van der Waals surface area contributed by atoms with E-state index in [4.69, 9.17) is 5.11 Å². The van der Waals surface area contributed by atoms with Crippen LogP contribution in [0.1, 0.15) is 13.8 Å². The maximum atomic E-state index is 8.93. The van der Waals surface area contributed by atoms with Crippen molar-refractivity contribution in [1.82, 2.24) is 0 Å². The molecule has 2 nitrogen and oxygen atoms in total. The van der Waals surface area contributed by atoms with E-state index in [1.54, 1.807) is 11.3 Å². The van der Waals surface area contributed by atoms with E-state index in [2.05, 4.69) is 5.32 Å². The second kappa shape index (κ2) is 3.24. The van der Waals surface area contributed by atoms with E-state index in [1.807, 2.05) is 31.4 Å². The zero-order valence-corrected chi connectivity index (χ0v) is 7.61. The van der Waals surface area contributed by atoms with E-state index in [0.29, 0.717) is 0 Å². The molecule has 0 aliphatic rings. The first-order valence-electron chi connectivity index (χ1n) is 3.56. The third-order valence-electron chi connectivity index (χ3n) is 1.38. The molecule has 0 aliphatic carbocycles. The molecule has 1 aromatic rings. The highest BCUT2D eigenvalue weighted by atomic mass is 32.1. The molecular weight excluding hydrogens is 158 g/mol. The zero-order chi connectivity index (χ0) is 8.32. The minimum Gasteiger partial charge on any atom is -0.394 e. The summed E-state index contributed by atoms with van der Waals surface area (Å²) in [6.45, 7) is 4.07. The average Bonchev–Trinajstić information content (AvgIpc) is 2.39. The Balaban J connectivity index is 2.56. The van der Waals surface area contributed by atoms with Gasteiger partial charge in [0.2, 0.25) is 0 Å². The number of hydrogen-bond donors (Lipinski definition) is 2. The summed E-state index contributed by atoms with van der Waals surface area (Å²) in [5, 5.41) is 15.3. The number of anilines is 1. The van der Waals surface area contributed by atoms with Crippen molar-refractivity contribution in [2.24, 2.45) is 0 Å². The van der Waals surface area contributed by atoms with Gasteiger partial charge in [-0.1, -0.05) is 0 Å². The fraction of sp³-hybridized carbons (Fsp3) is 0.500. The summed E-state index contributed by atoms with van der Waals surface area (Å²) in [4.78, 5) is 0. The van der Waals surface area contributed by atoms with Gasteiger partial charge < -0.3 is 10.4 Å². The highest BCUT2D eigenvalue weighted by Crippen LogP contribution is 2.19. The summed E-state index contributed by atoms with van der Waals surface area (Å²) in [7, 11) is 0. The third-order valence-corrected chi connectivity index (χ3v) is 2.16. The fourth-order valence-electron chi connectivity index (χ4n) is 0.723. The molecular formula is C8H13NOS. The molecule has 2 N–H and O–H groups in total. The molecule has 0 aromatic carbocycles. The lowest BCUT2D eigenvalue weighted by Crippen LogP contribution is -2.34. The van der Waals surface area contributed by atoms with E-state index in [0.717, 1.165) is 5.00 Å². The molecule has 0 bridgehead atoms. The number of aliphatic hydroxyl groups is 1. The molecule has 0 saturated carbocycles. The molecule has 0 saturated heterocycles. The third kappa shape index (κ3) is 2.52. The smallest absolute Gasteiger partial charge is 0.0887 e. The van der Waals surface area contributed by atoms with Gasteiger partial charge in [-0.2, -0.15) is 0 Å². The van der Waals surface area contributed by atoms with Gasteiger partial charge in [-0.25, -0.2) is 0 Å². The maximum absolute atomic E-state index is 8.93. The van der Waals surface area contributed by atoms with E-state index < -0.39 is 0 Å². The van der Waals surface area contributed by atoms with Gasteiger partial charge in [0.15, 0.2) is 0 Å². The predicted octanol–water partition coefficient (Wildman–Crippen LogP) is 1.93. The van der Waals surface area contributed by atoms with Crippen LogP contribution in [0, 0.1) is 0 Å². The minimum absolute atomic E-state index is 0.144. The zero-order valence-electron chi connectivity index (χ0n) is 6.79. The van der Waals surface area contributed by atoms with Gasteiger partial charge in [0.25, 0.3) is 0 Å². The summed E-state index contributed by atoms with van der Waals surface area (Å²) in [5.74, 6) is 0. The van der Waals surface area contributed by atoms with Gasteiger partial charge in [-0.3, -0.25) is 0 Å². The Morgan fingerprint density at radius 3 is 2.82 bits per heavy atom. The van der Waals surface area contributed by atoms with Crippen molar-refractivity contribution < 1.29 is 5.11 Å². The molecule has 0 unspecified atom stereocenters. The lowest BCUT2D eigenvalue weighted by molar-refractivity contribution is 0.234. The number of aliphatic hydroxyl groups excluding tert-OH is 1. The van der Waals surface area contributed by atoms with Gasteiger partial charge in [0.05, 0.1) is 17.1 Å². The molecule has 1 aromatic heterocycles. The summed E-state index contributed by atoms with van der Waals surface area (Å²) in [6.07, 6.45) is 0. The van der Waals surface area contributed by atoms with Crippen LogP contribution in [-0.2, 0) is 0 Å². The van der Waals surface area contributed by atoms with Crippen LogP contribution in [0.5, 0.6) is 0 Å². The lowest BCUT2D eigenvalue weighted by Gasteiger charge is -2.23. The summed E-state index contributed by atoms with van der Waals surface area (Å²) in [5.41, 5.74) is -0.217. The van der Waals surface area contributed by atoms with Crippen molar-refractivity contribution >= 4 is 16.3 Å². The van der Waals surface area contributed by atoms with Gasteiger partial charge in [-0.15, -0.1) is 11.3 Å². The Hall–Kier alpha value is -0.540. The van der Waals surface area contributed by atoms with Gasteiger partial charge in [0, 0.05) is 0 Å². The fourth-order valence-corrected chi connectivity index (χ4v) is 1.52. The normalized spacial score (nSPS) is 11.5. The molecule has 0 spiro atoms. The van der Waals surface area contributed by atoms with Crippen LogP contribution in [-0.4, -0.2) is 17.3 Å².